The largest absolute Gasteiger partial charge is 0.310 e. The van der Waals surface area contributed by atoms with Gasteiger partial charge in [0.1, 0.15) is 0 Å². The topological polar surface area (TPSA) is 17.3 Å². The van der Waals surface area contributed by atoms with Crippen LogP contribution in [0.2, 0.25) is 0 Å². The lowest BCUT2D eigenvalue weighted by Gasteiger charge is -2.24. The van der Waals surface area contributed by atoms with Crippen molar-refractivity contribution in [2.24, 2.45) is 4.99 Å². The zero-order chi connectivity index (χ0) is 18.4. The van der Waals surface area contributed by atoms with Crippen LogP contribution in [0.1, 0.15) is 0 Å². The molecule has 0 amide bonds. The quantitative estimate of drug-likeness (QED) is 0.314. The average Bonchev–Trinajstić information content (AvgIpc) is 3.28. The predicted octanol–water partition coefficient (Wildman–Crippen LogP) is 3.93. The minimum absolute atomic E-state index is 0.278. The van der Waals surface area contributed by atoms with E-state index in [-0.39, 0.29) is 6.71 Å². The summed E-state index contributed by atoms with van der Waals surface area (Å²) in [6.45, 7) is 4.12. The molecule has 0 spiro atoms. The van der Waals surface area contributed by atoms with Crippen LogP contribution in [0.25, 0.3) is 38.6 Å². The Labute approximate surface area is 162 Å². The van der Waals surface area contributed by atoms with Crippen LogP contribution in [0.15, 0.2) is 83.9 Å². The van der Waals surface area contributed by atoms with Crippen molar-refractivity contribution in [3.63, 3.8) is 0 Å². The fourth-order valence-corrected chi connectivity index (χ4v) is 5.48. The van der Waals surface area contributed by atoms with Crippen molar-refractivity contribution in [3.05, 3.63) is 78.9 Å². The summed E-state index contributed by atoms with van der Waals surface area (Å²) in [5.74, 6) is 0. The number of aliphatic imine (C=N–C) groups is 1. The molecule has 0 aliphatic carbocycles. The Morgan fingerprint density at radius 1 is 0.750 bits per heavy atom. The molecule has 2 aliphatic rings. The van der Waals surface area contributed by atoms with Gasteiger partial charge in [0, 0.05) is 16.5 Å². The van der Waals surface area contributed by atoms with E-state index in [1.807, 2.05) is 0 Å². The van der Waals surface area contributed by atoms with Crippen molar-refractivity contribution in [1.82, 2.24) is 4.57 Å². The first-order valence-corrected chi connectivity index (χ1v) is 9.64. The molecule has 28 heavy (non-hydrogen) atoms. The molecule has 4 aromatic carbocycles. The van der Waals surface area contributed by atoms with Gasteiger partial charge in [-0.05, 0) is 47.0 Å². The number of nitrogens with zero attached hydrogens (tertiary/aromatic N) is 2. The normalized spacial score (nSPS) is 13.1. The second-order valence-corrected chi connectivity index (χ2v) is 7.67. The molecule has 0 N–H and O–H groups in total. The Morgan fingerprint density at radius 3 is 2.50 bits per heavy atom. The minimum Gasteiger partial charge on any atom is -0.310 e. The van der Waals surface area contributed by atoms with Crippen LogP contribution < -0.4 is 16.4 Å². The van der Waals surface area contributed by atoms with Crippen LogP contribution in [-0.4, -0.2) is 18.0 Å². The molecular weight excluding hydrogens is 339 g/mol. The van der Waals surface area contributed by atoms with Crippen LogP contribution in [0.3, 0.4) is 0 Å². The molecule has 7 rings (SSSR count). The summed E-state index contributed by atoms with van der Waals surface area (Å²) < 4.78 is 2.44. The van der Waals surface area contributed by atoms with Crippen LogP contribution in [0, 0.1) is 0 Å². The van der Waals surface area contributed by atoms with Crippen LogP contribution in [-0.2, 0) is 0 Å². The highest BCUT2D eigenvalue weighted by Crippen LogP contribution is 2.40. The van der Waals surface area contributed by atoms with E-state index in [2.05, 4.69) is 95.1 Å². The summed E-state index contributed by atoms with van der Waals surface area (Å²) in [6.07, 6.45) is 0. The van der Waals surface area contributed by atoms with Gasteiger partial charge >= 0.3 is 0 Å². The van der Waals surface area contributed by atoms with Crippen molar-refractivity contribution in [1.29, 1.82) is 0 Å². The third kappa shape index (κ3) is 1.48. The van der Waals surface area contributed by atoms with E-state index in [1.165, 1.54) is 55.0 Å². The maximum atomic E-state index is 4.36. The number of fused-ring (bicyclic) bond motifs is 8. The first kappa shape index (κ1) is 14.5. The summed E-state index contributed by atoms with van der Waals surface area (Å²) in [5, 5.41) is 2.45. The van der Waals surface area contributed by atoms with Crippen molar-refractivity contribution in [2.45, 2.75) is 0 Å². The number of benzene rings is 4. The van der Waals surface area contributed by atoms with Gasteiger partial charge in [-0.15, -0.1) is 0 Å². The van der Waals surface area contributed by atoms with Gasteiger partial charge in [0.2, 0.25) is 6.71 Å². The fraction of sp³-hybridized carbons (Fsp3) is 0. The Hall–Kier alpha value is -3.59. The maximum absolute atomic E-state index is 4.36. The molecule has 0 fully saturated rings. The van der Waals surface area contributed by atoms with Crippen molar-refractivity contribution >= 4 is 57.3 Å². The van der Waals surface area contributed by atoms with Gasteiger partial charge in [0.15, 0.2) is 0 Å². The number of para-hydroxylation sites is 1. The lowest BCUT2D eigenvalue weighted by atomic mass is 9.37. The van der Waals surface area contributed by atoms with Gasteiger partial charge < -0.3 is 4.57 Å². The van der Waals surface area contributed by atoms with Crippen molar-refractivity contribution in [2.75, 3.05) is 0 Å². The smallest absolute Gasteiger partial charge is 0.248 e. The molecule has 3 heteroatoms. The standard InChI is InChI=1S/C25H15BN2/c1-27-20-14-13-19-25-23(20)17-8-3-5-11-21(17)28(25)22-12-6-9-16-15-7-2-4-10-18(15)26(19)24(16)22/h2-14H,1H2. The highest BCUT2D eigenvalue weighted by atomic mass is 15.0. The first-order valence-electron chi connectivity index (χ1n) is 9.64. The second kappa shape index (κ2) is 4.82. The van der Waals surface area contributed by atoms with Crippen LogP contribution in [0.5, 0.6) is 0 Å². The number of hydrogen-bond acceptors (Lipinski definition) is 1. The summed E-state index contributed by atoms with van der Waals surface area (Å²) in [5.41, 5.74) is 11.7. The molecule has 2 nitrogen and oxygen atoms in total. The Morgan fingerprint density at radius 2 is 1.57 bits per heavy atom. The molecule has 0 radical (unpaired) electrons. The minimum atomic E-state index is 0.278. The number of hydrogen-bond donors (Lipinski definition) is 0. The van der Waals surface area contributed by atoms with Crippen LogP contribution >= 0.6 is 0 Å². The third-order valence-corrected chi connectivity index (χ3v) is 6.48. The predicted molar refractivity (Wildman–Crippen MR) is 120 cm³/mol. The molecule has 0 saturated heterocycles. The fourth-order valence-electron chi connectivity index (χ4n) is 5.48. The van der Waals surface area contributed by atoms with Gasteiger partial charge in [-0.2, -0.15) is 0 Å². The molecule has 0 atom stereocenters. The Kier molecular flexibility index (Phi) is 2.49. The third-order valence-electron chi connectivity index (χ3n) is 6.48. The molecule has 0 saturated carbocycles. The molecule has 0 bridgehead atoms. The number of aromatic nitrogens is 1. The highest BCUT2D eigenvalue weighted by Gasteiger charge is 2.40. The Balaban J connectivity index is 1.79. The maximum Gasteiger partial charge on any atom is 0.248 e. The van der Waals surface area contributed by atoms with E-state index in [0.29, 0.717) is 0 Å². The highest BCUT2D eigenvalue weighted by molar-refractivity contribution is 7.01. The average molecular weight is 354 g/mol. The Bertz CT molecular complexity index is 1490. The van der Waals surface area contributed by atoms with E-state index in [9.17, 15) is 0 Å². The zero-order valence-electron chi connectivity index (χ0n) is 15.2. The van der Waals surface area contributed by atoms with E-state index >= 15 is 0 Å². The van der Waals surface area contributed by atoms with Gasteiger partial charge in [-0.25, -0.2) is 0 Å². The molecule has 128 valence electrons. The lowest BCUT2D eigenvalue weighted by Crippen LogP contribution is -2.53. The zero-order valence-corrected chi connectivity index (χ0v) is 15.2. The SMILES string of the molecule is C=Nc1ccc2c3c1c1ccccc1n3-c1cccc3c1B2c1ccccc1-3. The van der Waals surface area contributed by atoms with E-state index < -0.39 is 0 Å². The van der Waals surface area contributed by atoms with E-state index in [4.69, 9.17) is 0 Å². The van der Waals surface area contributed by atoms with Crippen molar-refractivity contribution < 1.29 is 0 Å². The molecule has 1 aromatic heterocycles. The molecule has 3 heterocycles. The monoisotopic (exact) mass is 354 g/mol. The van der Waals surface area contributed by atoms with E-state index in [1.54, 1.807) is 0 Å². The van der Waals surface area contributed by atoms with Crippen LogP contribution in [0.4, 0.5) is 5.69 Å². The van der Waals surface area contributed by atoms with Gasteiger partial charge in [-0.3, -0.25) is 4.99 Å². The van der Waals surface area contributed by atoms with Gasteiger partial charge in [-0.1, -0.05) is 66.1 Å². The second-order valence-electron chi connectivity index (χ2n) is 7.67. The van der Waals surface area contributed by atoms with E-state index in [0.717, 1.165) is 5.69 Å². The molecule has 0 unspecified atom stereocenters. The lowest BCUT2D eigenvalue weighted by molar-refractivity contribution is 1.19. The summed E-state index contributed by atoms with van der Waals surface area (Å²) >= 11 is 0. The summed E-state index contributed by atoms with van der Waals surface area (Å²) in [4.78, 5) is 4.36. The van der Waals surface area contributed by atoms with Gasteiger partial charge in [0.05, 0.1) is 16.7 Å². The summed E-state index contributed by atoms with van der Waals surface area (Å²) in [7, 11) is 0. The summed E-state index contributed by atoms with van der Waals surface area (Å²) in [6, 6.07) is 28.6. The molecular formula is C25H15BN2. The molecule has 2 aliphatic heterocycles. The van der Waals surface area contributed by atoms with Crippen molar-refractivity contribution in [3.8, 4) is 16.8 Å². The number of rotatable bonds is 1. The first-order chi connectivity index (χ1) is 13.9. The molecule has 5 aromatic rings. The van der Waals surface area contributed by atoms with Gasteiger partial charge in [0.25, 0.3) is 0 Å².